The summed E-state index contributed by atoms with van der Waals surface area (Å²) in [5.74, 6) is -0.536. The maximum absolute atomic E-state index is 11.1. The van der Waals surface area contributed by atoms with Crippen LogP contribution in [0, 0.1) is 0 Å². The molecule has 0 aliphatic rings. The van der Waals surface area contributed by atoms with Crippen molar-refractivity contribution in [2.24, 2.45) is 0 Å². The fourth-order valence-corrected chi connectivity index (χ4v) is 0.855. The van der Waals surface area contributed by atoms with Crippen molar-refractivity contribution in [3.05, 3.63) is 29.8 Å². The monoisotopic (exact) mass is 190 g/mol. The summed E-state index contributed by atoms with van der Waals surface area (Å²) < 4.78 is 4.71. The zero-order valence-corrected chi connectivity index (χ0v) is 6.78. The number of phenolic OH excluding ortho intramolecular Hbond substituents is 1. The first-order valence-electron chi connectivity index (χ1n) is 3.70. The Morgan fingerprint density at radius 1 is 1.46 bits per heavy atom. The van der Waals surface area contributed by atoms with Crippen LogP contribution in [0.3, 0.4) is 0 Å². The summed E-state index contributed by atoms with van der Waals surface area (Å²) in [6, 6.07) is 6.30. The van der Waals surface area contributed by atoms with Crippen molar-refractivity contribution < 1.29 is 14.6 Å². The van der Waals surface area contributed by atoms with Gasteiger partial charge in [-0.2, -0.15) is 0 Å². The van der Waals surface area contributed by atoms with Crippen molar-refractivity contribution in [1.82, 2.24) is 0 Å². The fraction of sp³-hybridized carbons (Fsp3) is 0.222. The second-order valence-corrected chi connectivity index (χ2v) is 2.24. The Balaban J connectivity index is 0.00000144. The average molecular weight is 190 g/mol. The normalized spacial score (nSPS) is 8.69. The molecule has 0 amide bonds. The SMILES string of the molecule is CCOC(=O)c1ccccc1O.[NaH]. The number of phenols is 1. The van der Waals surface area contributed by atoms with Gasteiger partial charge in [0, 0.05) is 0 Å². The van der Waals surface area contributed by atoms with Crippen LogP contribution in [-0.2, 0) is 4.74 Å². The first-order valence-corrected chi connectivity index (χ1v) is 3.70. The van der Waals surface area contributed by atoms with Crippen LogP contribution in [0.5, 0.6) is 5.75 Å². The Hall–Kier alpha value is -0.510. The number of esters is 1. The molecule has 0 aliphatic carbocycles. The van der Waals surface area contributed by atoms with Gasteiger partial charge >= 0.3 is 35.5 Å². The van der Waals surface area contributed by atoms with Crippen molar-refractivity contribution in [2.45, 2.75) is 6.92 Å². The third kappa shape index (κ3) is 3.38. The Bertz CT molecular complexity index is 286. The Morgan fingerprint density at radius 3 is 2.62 bits per heavy atom. The van der Waals surface area contributed by atoms with Gasteiger partial charge in [0.1, 0.15) is 11.3 Å². The number of aromatic hydroxyl groups is 1. The maximum atomic E-state index is 11.1. The van der Waals surface area contributed by atoms with E-state index in [2.05, 4.69) is 0 Å². The third-order valence-electron chi connectivity index (χ3n) is 1.40. The molecule has 0 radical (unpaired) electrons. The van der Waals surface area contributed by atoms with Gasteiger partial charge in [-0.05, 0) is 19.1 Å². The summed E-state index contributed by atoms with van der Waals surface area (Å²) in [6.07, 6.45) is 0. The molecular formula is C9H11NaO3. The number of carbonyl (C=O) groups is 1. The molecule has 66 valence electrons. The molecule has 13 heavy (non-hydrogen) atoms. The van der Waals surface area contributed by atoms with Crippen molar-refractivity contribution >= 4 is 35.5 Å². The topological polar surface area (TPSA) is 46.5 Å². The second kappa shape index (κ2) is 6.02. The third-order valence-corrected chi connectivity index (χ3v) is 1.40. The minimum atomic E-state index is -0.490. The Kier molecular flexibility index (Phi) is 5.79. The van der Waals surface area contributed by atoms with Gasteiger partial charge in [-0.1, -0.05) is 12.1 Å². The average Bonchev–Trinajstić information content (AvgIpc) is 2.05. The molecule has 0 aromatic heterocycles. The molecule has 0 saturated heterocycles. The first-order chi connectivity index (χ1) is 5.75. The fourth-order valence-electron chi connectivity index (χ4n) is 0.855. The van der Waals surface area contributed by atoms with E-state index >= 15 is 0 Å². The van der Waals surface area contributed by atoms with Crippen LogP contribution in [-0.4, -0.2) is 47.2 Å². The van der Waals surface area contributed by atoms with Gasteiger partial charge in [0.05, 0.1) is 6.61 Å². The van der Waals surface area contributed by atoms with E-state index in [1.807, 2.05) is 0 Å². The first kappa shape index (κ1) is 12.5. The summed E-state index contributed by atoms with van der Waals surface area (Å²) >= 11 is 0. The van der Waals surface area contributed by atoms with Crippen LogP contribution in [0.1, 0.15) is 17.3 Å². The predicted octanol–water partition coefficient (Wildman–Crippen LogP) is 0.920. The van der Waals surface area contributed by atoms with Gasteiger partial charge in [-0.15, -0.1) is 0 Å². The summed E-state index contributed by atoms with van der Waals surface area (Å²) in [5, 5.41) is 9.21. The van der Waals surface area contributed by atoms with Crippen molar-refractivity contribution in [3.8, 4) is 5.75 Å². The molecule has 0 saturated carbocycles. The molecule has 0 aliphatic heterocycles. The summed E-state index contributed by atoms with van der Waals surface area (Å²) in [7, 11) is 0. The number of carbonyl (C=O) groups excluding carboxylic acids is 1. The molecule has 0 bridgehead atoms. The molecule has 3 nitrogen and oxygen atoms in total. The zero-order valence-electron chi connectivity index (χ0n) is 6.78. The molecule has 1 rings (SSSR count). The van der Waals surface area contributed by atoms with Gasteiger partial charge < -0.3 is 9.84 Å². The molecule has 0 atom stereocenters. The van der Waals surface area contributed by atoms with E-state index in [1.165, 1.54) is 12.1 Å². The summed E-state index contributed by atoms with van der Waals surface area (Å²) in [6.45, 7) is 2.03. The van der Waals surface area contributed by atoms with Gasteiger partial charge in [0.2, 0.25) is 0 Å². The molecule has 0 heterocycles. The van der Waals surface area contributed by atoms with Gasteiger partial charge in [0.25, 0.3) is 0 Å². The Labute approximate surface area is 99.0 Å². The van der Waals surface area contributed by atoms with Crippen LogP contribution in [0.25, 0.3) is 0 Å². The number of benzene rings is 1. The number of hydrogen-bond donors (Lipinski definition) is 1. The summed E-state index contributed by atoms with van der Waals surface area (Å²) in [4.78, 5) is 11.1. The predicted molar refractivity (Wildman–Crippen MR) is 51.2 cm³/mol. The molecule has 1 N–H and O–H groups in total. The van der Waals surface area contributed by atoms with Crippen molar-refractivity contribution in [1.29, 1.82) is 0 Å². The molecule has 0 fully saturated rings. The molecule has 4 heteroatoms. The molecule has 0 spiro atoms. The van der Waals surface area contributed by atoms with Crippen LogP contribution in [0.4, 0.5) is 0 Å². The standard InChI is InChI=1S/C9H10O3.Na.H/c1-2-12-9(11)7-5-3-4-6-8(7)10;;/h3-6,10H,2H2,1H3;;. The molecular weight excluding hydrogens is 179 g/mol. The number of para-hydroxylation sites is 1. The van der Waals surface area contributed by atoms with Gasteiger partial charge in [-0.25, -0.2) is 4.79 Å². The van der Waals surface area contributed by atoms with E-state index in [0.29, 0.717) is 6.61 Å². The van der Waals surface area contributed by atoms with E-state index in [1.54, 1.807) is 19.1 Å². The quantitative estimate of drug-likeness (QED) is 0.557. The zero-order chi connectivity index (χ0) is 8.97. The van der Waals surface area contributed by atoms with Gasteiger partial charge in [-0.3, -0.25) is 0 Å². The van der Waals surface area contributed by atoms with E-state index in [-0.39, 0.29) is 40.9 Å². The van der Waals surface area contributed by atoms with Crippen LogP contribution in [0.2, 0.25) is 0 Å². The van der Waals surface area contributed by atoms with Crippen LogP contribution in [0.15, 0.2) is 24.3 Å². The second-order valence-electron chi connectivity index (χ2n) is 2.24. The number of hydrogen-bond acceptors (Lipinski definition) is 3. The molecule has 0 unspecified atom stereocenters. The summed E-state index contributed by atoms with van der Waals surface area (Å²) in [5.41, 5.74) is 0.208. The van der Waals surface area contributed by atoms with Crippen LogP contribution >= 0.6 is 0 Å². The van der Waals surface area contributed by atoms with Gasteiger partial charge in [0.15, 0.2) is 0 Å². The number of ether oxygens (including phenoxy) is 1. The number of rotatable bonds is 2. The van der Waals surface area contributed by atoms with Crippen molar-refractivity contribution in [2.75, 3.05) is 6.61 Å². The van der Waals surface area contributed by atoms with E-state index in [9.17, 15) is 9.90 Å². The van der Waals surface area contributed by atoms with E-state index < -0.39 is 5.97 Å². The molecule has 1 aromatic carbocycles. The minimum absolute atomic E-state index is 0. The van der Waals surface area contributed by atoms with E-state index in [0.717, 1.165) is 0 Å². The van der Waals surface area contributed by atoms with E-state index in [4.69, 9.17) is 4.74 Å². The van der Waals surface area contributed by atoms with Crippen molar-refractivity contribution in [3.63, 3.8) is 0 Å². The van der Waals surface area contributed by atoms with Crippen LogP contribution < -0.4 is 0 Å². The molecule has 1 aromatic rings. The Morgan fingerprint density at radius 2 is 2.08 bits per heavy atom.